The summed E-state index contributed by atoms with van der Waals surface area (Å²) in [7, 11) is 0. The van der Waals surface area contributed by atoms with E-state index in [9.17, 15) is 0 Å². The van der Waals surface area contributed by atoms with Gasteiger partial charge >= 0.3 is 0 Å². The van der Waals surface area contributed by atoms with Crippen LogP contribution in [-0.4, -0.2) is 12.2 Å². The van der Waals surface area contributed by atoms with Gasteiger partial charge in [0.2, 0.25) is 0 Å². The maximum atomic E-state index is 6.14. The van der Waals surface area contributed by atoms with Gasteiger partial charge in [0.1, 0.15) is 0 Å². The average molecular weight is 431 g/mol. The molecule has 0 amide bonds. The maximum absolute atomic E-state index is 6.14. The molecule has 1 nitrogen and oxygen atoms in total. The van der Waals surface area contributed by atoms with E-state index in [2.05, 4.69) is 41.5 Å². The van der Waals surface area contributed by atoms with Gasteiger partial charge in [0, 0.05) is 0 Å². The SMILES string of the molecule is CCCC1(C)CCCCC2(C)CC(C)(CCC1)C1CCC(C3OC3CC)CCC2(C)C1. The molecule has 1 saturated heterocycles. The summed E-state index contributed by atoms with van der Waals surface area (Å²) in [5.41, 5.74) is 2.22. The number of fused-ring (bicyclic) bond motifs is 6. The lowest BCUT2D eigenvalue weighted by Gasteiger charge is -2.61. The summed E-state index contributed by atoms with van der Waals surface area (Å²) in [6.07, 6.45) is 24.2. The molecule has 1 heterocycles. The van der Waals surface area contributed by atoms with E-state index in [1.54, 1.807) is 0 Å². The molecule has 8 atom stereocenters. The van der Waals surface area contributed by atoms with Crippen molar-refractivity contribution in [2.75, 3.05) is 0 Å². The summed E-state index contributed by atoms with van der Waals surface area (Å²) in [5.74, 6) is 1.77. The van der Waals surface area contributed by atoms with E-state index in [4.69, 9.17) is 4.74 Å². The van der Waals surface area contributed by atoms with Gasteiger partial charge in [-0.3, -0.25) is 0 Å². The van der Waals surface area contributed by atoms with Crippen LogP contribution in [0.4, 0.5) is 0 Å². The molecular formula is C30H54O. The predicted molar refractivity (Wildman–Crippen MR) is 133 cm³/mol. The molecule has 0 spiro atoms. The van der Waals surface area contributed by atoms with Gasteiger partial charge in [-0.2, -0.15) is 0 Å². The minimum atomic E-state index is 0.528. The first-order valence-corrected chi connectivity index (χ1v) is 14.3. The number of hydrogen-bond donors (Lipinski definition) is 0. The molecule has 8 unspecified atom stereocenters. The lowest BCUT2D eigenvalue weighted by Crippen LogP contribution is -2.52. The van der Waals surface area contributed by atoms with E-state index < -0.39 is 0 Å². The maximum Gasteiger partial charge on any atom is 0.0869 e. The number of ether oxygens (including phenoxy) is 1. The van der Waals surface area contributed by atoms with Crippen LogP contribution in [0.25, 0.3) is 0 Å². The third kappa shape index (κ3) is 4.79. The normalized spacial score (nSPS) is 51.3. The lowest BCUT2D eigenvalue weighted by atomic mass is 9.44. The molecule has 3 saturated carbocycles. The number of epoxide rings is 1. The molecule has 31 heavy (non-hydrogen) atoms. The van der Waals surface area contributed by atoms with Gasteiger partial charge in [-0.1, -0.05) is 67.2 Å². The summed E-state index contributed by atoms with van der Waals surface area (Å²) >= 11 is 0. The molecule has 3 aliphatic carbocycles. The second-order valence-corrected chi connectivity index (χ2v) is 13.9. The minimum Gasteiger partial charge on any atom is -0.369 e. The Morgan fingerprint density at radius 1 is 0.774 bits per heavy atom. The molecule has 0 radical (unpaired) electrons. The summed E-state index contributed by atoms with van der Waals surface area (Å²) < 4.78 is 6.14. The van der Waals surface area contributed by atoms with Crippen molar-refractivity contribution in [1.29, 1.82) is 0 Å². The van der Waals surface area contributed by atoms with Crippen LogP contribution in [0.15, 0.2) is 0 Å². The van der Waals surface area contributed by atoms with Crippen molar-refractivity contribution >= 4 is 0 Å². The molecular weight excluding hydrogens is 376 g/mol. The largest absolute Gasteiger partial charge is 0.369 e. The van der Waals surface area contributed by atoms with E-state index in [0.29, 0.717) is 33.9 Å². The van der Waals surface area contributed by atoms with Crippen molar-refractivity contribution in [3.05, 3.63) is 0 Å². The van der Waals surface area contributed by atoms with Crippen LogP contribution in [0.2, 0.25) is 0 Å². The fraction of sp³-hybridized carbons (Fsp3) is 1.00. The Labute approximate surface area is 194 Å². The quantitative estimate of drug-likeness (QED) is 0.405. The fourth-order valence-electron chi connectivity index (χ4n) is 9.08. The van der Waals surface area contributed by atoms with Gasteiger partial charge < -0.3 is 4.74 Å². The van der Waals surface area contributed by atoms with Crippen LogP contribution in [0.3, 0.4) is 0 Å². The molecule has 0 aromatic heterocycles. The Kier molecular flexibility index (Phi) is 6.96. The van der Waals surface area contributed by atoms with Crippen LogP contribution in [0, 0.1) is 33.5 Å². The van der Waals surface area contributed by atoms with E-state index >= 15 is 0 Å². The highest BCUT2D eigenvalue weighted by atomic mass is 16.6. The predicted octanol–water partition coefficient (Wildman–Crippen LogP) is 9.33. The van der Waals surface area contributed by atoms with Gasteiger partial charge in [-0.15, -0.1) is 0 Å². The second-order valence-electron chi connectivity index (χ2n) is 13.9. The summed E-state index contributed by atoms with van der Waals surface area (Å²) in [4.78, 5) is 0. The van der Waals surface area contributed by atoms with Gasteiger partial charge in [0.15, 0.2) is 0 Å². The van der Waals surface area contributed by atoms with E-state index in [-0.39, 0.29) is 0 Å². The minimum absolute atomic E-state index is 0.528. The van der Waals surface area contributed by atoms with Crippen LogP contribution < -0.4 is 0 Å². The first-order valence-electron chi connectivity index (χ1n) is 14.3. The zero-order chi connectivity index (χ0) is 22.3. The van der Waals surface area contributed by atoms with E-state index in [1.807, 2.05) is 0 Å². The Balaban J connectivity index is 1.57. The molecule has 0 aromatic carbocycles. The van der Waals surface area contributed by atoms with Crippen molar-refractivity contribution in [1.82, 2.24) is 0 Å². The Morgan fingerprint density at radius 2 is 1.52 bits per heavy atom. The van der Waals surface area contributed by atoms with Crippen molar-refractivity contribution in [2.24, 2.45) is 33.5 Å². The molecule has 4 rings (SSSR count). The molecule has 180 valence electrons. The highest BCUT2D eigenvalue weighted by Gasteiger charge is 2.57. The molecule has 4 aliphatic rings. The topological polar surface area (TPSA) is 12.5 Å². The smallest absolute Gasteiger partial charge is 0.0869 e. The van der Waals surface area contributed by atoms with Crippen LogP contribution >= 0.6 is 0 Å². The van der Waals surface area contributed by atoms with Crippen LogP contribution in [-0.2, 0) is 4.74 Å². The van der Waals surface area contributed by atoms with Gasteiger partial charge in [-0.25, -0.2) is 0 Å². The van der Waals surface area contributed by atoms with Gasteiger partial charge in [-0.05, 0) is 111 Å². The number of hydrogen-bond acceptors (Lipinski definition) is 1. The zero-order valence-corrected chi connectivity index (χ0v) is 22.0. The number of rotatable bonds is 4. The van der Waals surface area contributed by atoms with E-state index in [1.165, 1.54) is 103 Å². The first kappa shape index (κ1) is 24.1. The highest BCUT2D eigenvalue weighted by Crippen LogP contribution is 2.66. The van der Waals surface area contributed by atoms with E-state index in [0.717, 1.165) is 11.8 Å². The molecule has 4 bridgehead atoms. The zero-order valence-electron chi connectivity index (χ0n) is 22.0. The summed E-state index contributed by atoms with van der Waals surface area (Å²) in [5, 5.41) is 0. The average Bonchev–Trinajstić information content (AvgIpc) is 3.47. The second kappa shape index (κ2) is 8.96. The van der Waals surface area contributed by atoms with Crippen molar-refractivity contribution < 1.29 is 4.74 Å². The Hall–Kier alpha value is -0.0400. The van der Waals surface area contributed by atoms with Crippen molar-refractivity contribution in [2.45, 2.75) is 156 Å². The first-order chi connectivity index (χ1) is 14.7. The molecule has 0 N–H and O–H groups in total. The third-order valence-electron chi connectivity index (χ3n) is 11.5. The molecule has 1 aliphatic heterocycles. The fourth-order valence-corrected chi connectivity index (χ4v) is 9.08. The summed E-state index contributed by atoms with van der Waals surface area (Å²) in [6, 6.07) is 0. The molecule has 4 fully saturated rings. The van der Waals surface area contributed by atoms with Gasteiger partial charge in [0.05, 0.1) is 12.2 Å². The van der Waals surface area contributed by atoms with Crippen LogP contribution in [0.1, 0.15) is 144 Å². The monoisotopic (exact) mass is 430 g/mol. The molecule has 0 aromatic rings. The standard InChI is InChI=1S/C30H54O/c1-7-15-27(3)16-9-10-19-30(6)22-28(4,18-11-17-27)24-13-12-23(26-25(8-2)31-26)14-20-29(30,5)21-24/h23-26H,7-22H2,1-6H3. The van der Waals surface area contributed by atoms with Gasteiger partial charge in [0.25, 0.3) is 0 Å². The lowest BCUT2D eigenvalue weighted by molar-refractivity contribution is -0.113. The third-order valence-corrected chi connectivity index (χ3v) is 11.5. The highest BCUT2D eigenvalue weighted by molar-refractivity contribution is 5.07. The Morgan fingerprint density at radius 3 is 2.23 bits per heavy atom. The van der Waals surface area contributed by atoms with Crippen molar-refractivity contribution in [3.63, 3.8) is 0 Å². The van der Waals surface area contributed by atoms with Crippen molar-refractivity contribution in [3.8, 4) is 0 Å². The molecule has 1 heteroatoms. The summed E-state index contributed by atoms with van der Waals surface area (Å²) in [6.45, 7) is 15.5. The Bertz CT molecular complexity index is 614. The van der Waals surface area contributed by atoms with Crippen LogP contribution in [0.5, 0.6) is 0 Å².